The molecule has 0 bridgehead atoms. The number of hydrogen-bond acceptors (Lipinski definition) is 4. The number of ketones is 1. The molecule has 126 valence electrons. The summed E-state index contributed by atoms with van der Waals surface area (Å²) in [6, 6.07) is 10.7. The van der Waals surface area contributed by atoms with Gasteiger partial charge >= 0.3 is 0 Å². The van der Waals surface area contributed by atoms with E-state index in [-0.39, 0.29) is 11.7 Å². The van der Waals surface area contributed by atoms with Crippen molar-refractivity contribution in [1.29, 1.82) is 0 Å². The second-order valence-corrected chi connectivity index (χ2v) is 6.13. The lowest BCUT2D eigenvalue weighted by molar-refractivity contribution is 0.0946. The molecule has 1 heterocycles. The summed E-state index contributed by atoms with van der Waals surface area (Å²) in [5.74, 6) is 0.404. The van der Waals surface area contributed by atoms with Gasteiger partial charge in [0.2, 0.25) is 0 Å². The number of benzene rings is 1. The lowest BCUT2D eigenvalue weighted by Gasteiger charge is -2.09. The molecular formula is C19H23N3O2. The summed E-state index contributed by atoms with van der Waals surface area (Å²) in [5.41, 5.74) is 2.60. The number of rotatable bonds is 7. The van der Waals surface area contributed by atoms with E-state index in [1.807, 2.05) is 12.1 Å². The molecule has 0 atom stereocenters. The standard InChI is InChI=1S/C19H23N3O2/c1-13(2)9-10-20-19(24)18-8-7-17(12-21-18)22-16-6-4-5-15(11-16)14(3)23/h4-8,11-13,22H,9-10H2,1-3H3,(H,20,24). The maximum Gasteiger partial charge on any atom is 0.269 e. The number of hydrogen-bond donors (Lipinski definition) is 2. The van der Waals surface area contributed by atoms with Crippen LogP contribution in [0.4, 0.5) is 11.4 Å². The van der Waals surface area contributed by atoms with Crippen molar-refractivity contribution < 1.29 is 9.59 Å². The molecular weight excluding hydrogens is 302 g/mol. The van der Waals surface area contributed by atoms with Crippen LogP contribution in [0.15, 0.2) is 42.6 Å². The molecule has 0 unspecified atom stereocenters. The average molecular weight is 325 g/mol. The van der Waals surface area contributed by atoms with Crippen molar-refractivity contribution in [3.05, 3.63) is 53.9 Å². The SMILES string of the molecule is CC(=O)c1cccc(Nc2ccc(C(=O)NCCC(C)C)nc2)c1. The van der Waals surface area contributed by atoms with Gasteiger partial charge in [0.05, 0.1) is 11.9 Å². The zero-order valence-corrected chi connectivity index (χ0v) is 14.3. The third-order valence-corrected chi connectivity index (χ3v) is 3.56. The summed E-state index contributed by atoms with van der Waals surface area (Å²) in [5, 5.41) is 6.04. The van der Waals surface area contributed by atoms with E-state index in [1.165, 1.54) is 6.92 Å². The van der Waals surface area contributed by atoms with E-state index in [0.717, 1.165) is 17.8 Å². The Labute approximate surface area is 142 Å². The van der Waals surface area contributed by atoms with Crippen molar-refractivity contribution >= 4 is 23.1 Å². The fourth-order valence-corrected chi connectivity index (χ4v) is 2.15. The van der Waals surface area contributed by atoms with E-state index >= 15 is 0 Å². The molecule has 2 rings (SSSR count). The number of carbonyl (C=O) groups excluding carboxylic acids is 2. The predicted molar refractivity (Wildman–Crippen MR) is 95.8 cm³/mol. The Bertz CT molecular complexity index is 709. The van der Waals surface area contributed by atoms with Crippen LogP contribution in [-0.4, -0.2) is 23.2 Å². The zero-order valence-electron chi connectivity index (χ0n) is 14.3. The van der Waals surface area contributed by atoms with Gasteiger partial charge in [-0.15, -0.1) is 0 Å². The summed E-state index contributed by atoms with van der Waals surface area (Å²) in [6.07, 6.45) is 2.55. The lowest BCUT2D eigenvalue weighted by Crippen LogP contribution is -2.26. The quantitative estimate of drug-likeness (QED) is 0.760. The minimum Gasteiger partial charge on any atom is -0.354 e. The van der Waals surface area contributed by atoms with E-state index in [4.69, 9.17) is 0 Å². The lowest BCUT2D eigenvalue weighted by atomic mass is 10.1. The highest BCUT2D eigenvalue weighted by atomic mass is 16.1. The van der Waals surface area contributed by atoms with Crippen LogP contribution in [0, 0.1) is 5.92 Å². The molecule has 24 heavy (non-hydrogen) atoms. The minimum absolute atomic E-state index is 0.0187. The van der Waals surface area contributed by atoms with Crippen LogP contribution < -0.4 is 10.6 Å². The number of carbonyl (C=O) groups is 2. The molecule has 5 nitrogen and oxygen atoms in total. The number of amides is 1. The van der Waals surface area contributed by atoms with Crippen LogP contribution in [0.2, 0.25) is 0 Å². The summed E-state index contributed by atoms with van der Waals surface area (Å²) in [4.78, 5) is 27.6. The maximum absolute atomic E-state index is 12.0. The van der Waals surface area contributed by atoms with Crippen molar-refractivity contribution in [1.82, 2.24) is 10.3 Å². The summed E-state index contributed by atoms with van der Waals surface area (Å²) < 4.78 is 0. The topological polar surface area (TPSA) is 71.1 Å². The van der Waals surface area contributed by atoms with Gasteiger partial charge in [0.15, 0.2) is 5.78 Å². The molecule has 0 aliphatic heterocycles. The molecule has 1 aromatic heterocycles. The van der Waals surface area contributed by atoms with Gasteiger partial charge in [0.25, 0.3) is 5.91 Å². The molecule has 0 saturated carbocycles. The van der Waals surface area contributed by atoms with Crippen LogP contribution in [-0.2, 0) is 0 Å². The van der Waals surface area contributed by atoms with Crippen molar-refractivity contribution in [2.45, 2.75) is 27.2 Å². The van der Waals surface area contributed by atoms with Crippen molar-refractivity contribution in [3.63, 3.8) is 0 Å². The van der Waals surface area contributed by atoms with Gasteiger partial charge in [-0.1, -0.05) is 26.0 Å². The second-order valence-electron chi connectivity index (χ2n) is 6.13. The van der Waals surface area contributed by atoms with Crippen LogP contribution in [0.3, 0.4) is 0 Å². The molecule has 1 amide bonds. The van der Waals surface area contributed by atoms with Crippen molar-refractivity contribution in [2.24, 2.45) is 5.92 Å². The van der Waals surface area contributed by atoms with E-state index in [0.29, 0.717) is 23.7 Å². The normalized spacial score (nSPS) is 10.5. The van der Waals surface area contributed by atoms with E-state index in [2.05, 4.69) is 29.5 Å². The molecule has 1 aromatic carbocycles. The van der Waals surface area contributed by atoms with Gasteiger partial charge in [0, 0.05) is 17.8 Å². The number of pyridine rings is 1. The Balaban J connectivity index is 1.98. The van der Waals surface area contributed by atoms with Crippen LogP contribution in [0.25, 0.3) is 0 Å². The molecule has 5 heteroatoms. The molecule has 2 N–H and O–H groups in total. The van der Waals surface area contributed by atoms with Crippen LogP contribution in [0.5, 0.6) is 0 Å². The Morgan fingerprint density at radius 3 is 2.54 bits per heavy atom. The molecule has 0 aliphatic carbocycles. The molecule has 0 radical (unpaired) electrons. The first-order chi connectivity index (χ1) is 11.5. The second kappa shape index (κ2) is 8.24. The number of aromatic nitrogens is 1. The molecule has 0 aliphatic rings. The Morgan fingerprint density at radius 1 is 1.12 bits per heavy atom. The fraction of sp³-hybridized carbons (Fsp3) is 0.316. The zero-order chi connectivity index (χ0) is 17.5. The highest BCUT2D eigenvalue weighted by Gasteiger charge is 2.07. The molecule has 0 saturated heterocycles. The van der Waals surface area contributed by atoms with Gasteiger partial charge in [0.1, 0.15) is 5.69 Å². The van der Waals surface area contributed by atoms with Crippen LogP contribution in [0.1, 0.15) is 48.0 Å². The fourth-order valence-electron chi connectivity index (χ4n) is 2.15. The average Bonchev–Trinajstić information content (AvgIpc) is 2.55. The minimum atomic E-state index is -0.166. The van der Waals surface area contributed by atoms with Gasteiger partial charge < -0.3 is 10.6 Å². The van der Waals surface area contributed by atoms with Gasteiger partial charge in [-0.2, -0.15) is 0 Å². The third kappa shape index (κ3) is 5.19. The maximum atomic E-state index is 12.0. The van der Waals surface area contributed by atoms with Gasteiger partial charge in [-0.25, -0.2) is 4.98 Å². The summed E-state index contributed by atoms with van der Waals surface area (Å²) >= 11 is 0. The third-order valence-electron chi connectivity index (χ3n) is 3.56. The first kappa shape index (κ1) is 17.7. The van der Waals surface area contributed by atoms with Crippen molar-refractivity contribution in [3.8, 4) is 0 Å². The van der Waals surface area contributed by atoms with Crippen molar-refractivity contribution in [2.75, 3.05) is 11.9 Å². The number of nitrogens with one attached hydrogen (secondary N) is 2. The Hall–Kier alpha value is -2.69. The van der Waals surface area contributed by atoms with Crippen LogP contribution >= 0.6 is 0 Å². The molecule has 2 aromatic rings. The highest BCUT2D eigenvalue weighted by Crippen LogP contribution is 2.17. The van der Waals surface area contributed by atoms with Gasteiger partial charge in [-0.3, -0.25) is 9.59 Å². The smallest absolute Gasteiger partial charge is 0.269 e. The monoisotopic (exact) mass is 325 g/mol. The predicted octanol–water partition coefficient (Wildman–Crippen LogP) is 3.80. The molecule has 0 spiro atoms. The summed E-state index contributed by atoms with van der Waals surface area (Å²) in [6.45, 7) is 6.42. The largest absolute Gasteiger partial charge is 0.354 e. The number of nitrogens with zero attached hydrogens (tertiary/aromatic N) is 1. The van der Waals surface area contributed by atoms with Gasteiger partial charge in [-0.05, 0) is 43.5 Å². The summed E-state index contributed by atoms with van der Waals surface area (Å²) in [7, 11) is 0. The highest BCUT2D eigenvalue weighted by molar-refractivity contribution is 5.95. The Morgan fingerprint density at radius 2 is 1.92 bits per heavy atom. The Kier molecular flexibility index (Phi) is 6.07. The van der Waals surface area contributed by atoms with E-state index < -0.39 is 0 Å². The molecule has 0 fully saturated rings. The van der Waals surface area contributed by atoms with E-state index in [9.17, 15) is 9.59 Å². The number of anilines is 2. The first-order valence-electron chi connectivity index (χ1n) is 8.08. The van der Waals surface area contributed by atoms with E-state index in [1.54, 1.807) is 30.5 Å². The first-order valence-corrected chi connectivity index (χ1v) is 8.08. The number of Topliss-reactive ketones (excluding diaryl/α,β-unsaturated/α-hetero) is 1.